The maximum atomic E-state index is 5.70. The van der Waals surface area contributed by atoms with Crippen LogP contribution in [-0.4, -0.2) is 39.2 Å². The van der Waals surface area contributed by atoms with Crippen molar-refractivity contribution in [1.29, 1.82) is 0 Å². The van der Waals surface area contributed by atoms with Gasteiger partial charge in [0.1, 0.15) is 0 Å². The Labute approximate surface area is 129 Å². The average molecular weight is 307 g/mol. The summed E-state index contributed by atoms with van der Waals surface area (Å²) in [5, 5.41) is 8.93. The summed E-state index contributed by atoms with van der Waals surface area (Å²) in [5.41, 5.74) is 0. The minimum absolute atomic E-state index is 0.462. The van der Waals surface area contributed by atoms with Crippen molar-refractivity contribution in [1.82, 2.24) is 15.1 Å². The van der Waals surface area contributed by atoms with Crippen molar-refractivity contribution in [3.05, 3.63) is 24.3 Å². The highest BCUT2D eigenvalue weighted by Crippen LogP contribution is 2.24. The Bertz CT molecular complexity index is 541. The number of hydrogen-bond acceptors (Lipinski definition) is 6. The summed E-state index contributed by atoms with van der Waals surface area (Å²) in [4.78, 5) is 2.43. The van der Waals surface area contributed by atoms with Crippen molar-refractivity contribution in [2.24, 2.45) is 0 Å². The molecule has 3 rings (SSSR count). The van der Waals surface area contributed by atoms with Crippen molar-refractivity contribution < 1.29 is 8.83 Å². The number of rotatable bonds is 5. The largest absolute Gasteiger partial charge is 0.459 e. The molecule has 114 valence electrons. The first-order chi connectivity index (χ1) is 10.3. The number of thioether (sulfide) groups is 1. The summed E-state index contributed by atoms with van der Waals surface area (Å²) in [6, 6.07) is 3.65. The summed E-state index contributed by atoms with van der Waals surface area (Å²) in [6.07, 6.45) is 5.49. The van der Waals surface area contributed by atoms with Gasteiger partial charge in [0, 0.05) is 11.8 Å². The molecule has 1 saturated heterocycles. The summed E-state index contributed by atoms with van der Waals surface area (Å²) >= 11 is 2.06. The molecule has 1 aliphatic heterocycles. The molecule has 5 nitrogen and oxygen atoms in total. The van der Waals surface area contributed by atoms with Gasteiger partial charge in [0.05, 0.1) is 12.8 Å². The lowest BCUT2D eigenvalue weighted by Crippen LogP contribution is -2.29. The fourth-order valence-electron chi connectivity index (χ4n) is 2.70. The topological polar surface area (TPSA) is 55.3 Å². The minimum Gasteiger partial charge on any atom is -0.459 e. The van der Waals surface area contributed by atoms with Crippen LogP contribution >= 0.6 is 11.8 Å². The van der Waals surface area contributed by atoms with Crippen molar-refractivity contribution >= 4 is 11.8 Å². The highest BCUT2D eigenvalue weighted by molar-refractivity contribution is 7.99. The fraction of sp³-hybridized carbons (Fsp3) is 0.600. The molecule has 0 radical (unpaired) electrons. The lowest BCUT2D eigenvalue weighted by atomic mass is 10.2. The second kappa shape index (κ2) is 7.13. The molecule has 0 bridgehead atoms. The third-order valence-corrected chi connectivity index (χ3v) is 4.86. The zero-order chi connectivity index (χ0) is 14.5. The van der Waals surface area contributed by atoms with E-state index in [0.717, 1.165) is 24.9 Å². The van der Waals surface area contributed by atoms with Crippen molar-refractivity contribution in [3.63, 3.8) is 0 Å². The third-order valence-electron chi connectivity index (χ3n) is 3.67. The van der Waals surface area contributed by atoms with Crippen molar-refractivity contribution in [2.45, 2.75) is 38.0 Å². The van der Waals surface area contributed by atoms with E-state index in [9.17, 15) is 0 Å². The molecule has 0 unspecified atom stereocenters. The SMILES string of the molecule is CCS[C@@H]1CCCCN(Cc2nnc(-c3ccco3)o2)C1. The van der Waals surface area contributed by atoms with Gasteiger partial charge < -0.3 is 8.83 Å². The molecule has 0 spiro atoms. The van der Waals surface area contributed by atoms with E-state index in [1.807, 2.05) is 12.1 Å². The first-order valence-electron chi connectivity index (χ1n) is 7.55. The molecular weight excluding hydrogens is 286 g/mol. The number of hydrogen-bond donors (Lipinski definition) is 0. The molecule has 21 heavy (non-hydrogen) atoms. The second-order valence-corrected chi connectivity index (χ2v) is 6.86. The lowest BCUT2D eigenvalue weighted by molar-refractivity contribution is 0.251. The molecule has 0 aliphatic carbocycles. The van der Waals surface area contributed by atoms with Gasteiger partial charge in [-0.2, -0.15) is 11.8 Å². The fourth-order valence-corrected chi connectivity index (χ4v) is 3.82. The molecule has 0 amide bonds. The Morgan fingerprint density at radius 1 is 1.38 bits per heavy atom. The Kier molecular flexibility index (Phi) is 4.98. The second-order valence-electron chi connectivity index (χ2n) is 5.29. The number of nitrogens with zero attached hydrogens (tertiary/aromatic N) is 3. The molecule has 0 saturated carbocycles. The third kappa shape index (κ3) is 3.89. The van der Waals surface area contributed by atoms with Gasteiger partial charge in [-0.3, -0.25) is 4.90 Å². The van der Waals surface area contributed by atoms with Crippen LogP contribution in [0.15, 0.2) is 27.2 Å². The smallest absolute Gasteiger partial charge is 0.283 e. The van der Waals surface area contributed by atoms with E-state index in [2.05, 4.69) is 33.8 Å². The summed E-state index contributed by atoms with van der Waals surface area (Å²) in [5.74, 6) is 2.94. The Morgan fingerprint density at radius 3 is 3.14 bits per heavy atom. The number of furan rings is 1. The monoisotopic (exact) mass is 307 g/mol. The molecule has 1 fully saturated rings. The Morgan fingerprint density at radius 2 is 2.33 bits per heavy atom. The highest BCUT2D eigenvalue weighted by Gasteiger charge is 2.20. The predicted octanol–water partition coefficient (Wildman–Crippen LogP) is 3.44. The van der Waals surface area contributed by atoms with Crippen molar-refractivity contribution in [3.8, 4) is 11.7 Å². The molecule has 2 aromatic heterocycles. The van der Waals surface area contributed by atoms with Crippen LogP contribution < -0.4 is 0 Å². The first-order valence-corrected chi connectivity index (χ1v) is 8.60. The normalized spacial score (nSPS) is 20.5. The van der Waals surface area contributed by atoms with Crippen LogP contribution in [0, 0.1) is 0 Å². The van der Waals surface area contributed by atoms with E-state index < -0.39 is 0 Å². The number of aromatic nitrogens is 2. The van der Waals surface area contributed by atoms with Crippen LogP contribution in [0.5, 0.6) is 0 Å². The average Bonchev–Trinajstić information content (AvgIpc) is 3.10. The zero-order valence-corrected chi connectivity index (χ0v) is 13.1. The standard InChI is InChI=1S/C15H21N3O2S/c1-2-21-12-6-3-4-8-18(10-12)11-14-16-17-15(20-14)13-7-5-9-19-13/h5,7,9,12H,2-4,6,8,10-11H2,1H3/t12-/m1/s1. The predicted molar refractivity (Wildman–Crippen MR) is 83.0 cm³/mol. The summed E-state index contributed by atoms with van der Waals surface area (Å²) in [7, 11) is 0. The van der Waals surface area contributed by atoms with Gasteiger partial charge in [0.25, 0.3) is 5.89 Å². The Hall–Kier alpha value is -1.27. The Balaban J connectivity index is 1.62. The van der Waals surface area contributed by atoms with E-state index in [-0.39, 0.29) is 0 Å². The van der Waals surface area contributed by atoms with E-state index in [1.165, 1.54) is 25.0 Å². The van der Waals surface area contributed by atoms with E-state index in [1.54, 1.807) is 6.26 Å². The molecular formula is C15H21N3O2S. The van der Waals surface area contributed by atoms with Crippen LogP contribution in [0.25, 0.3) is 11.7 Å². The van der Waals surface area contributed by atoms with Gasteiger partial charge in [0.15, 0.2) is 5.76 Å². The van der Waals surface area contributed by atoms with Gasteiger partial charge in [-0.15, -0.1) is 10.2 Å². The van der Waals surface area contributed by atoms with E-state index in [4.69, 9.17) is 8.83 Å². The van der Waals surface area contributed by atoms with Crippen LogP contribution in [0.2, 0.25) is 0 Å². The molecule has 6 heteroatoms. The quantitative estimate of drug-likeness (QED) is 0.843. The molecule has 0 N–H and O–H groups in total. The van der Waals surface area contributed by atoms with Crippen LogP contribution in [-0.2, 0) is 6.54 Å². The maximum Gasteiger partial charge on any atom is 0.283 e. The molecule has 0 aromatic carbocycles. The van der Waals surface area contributed by atoms with Gasteiger partial charge in [-0.1, -0.05) is 13.3 Å². The summed E-state index contributed by atoms with van der Waals surface area (Å²) in [6.45, 7) is 5.18. The van der Waals surface area contributed by atoms with Crippen LogP contribution in [0.1, 0.15) is 32.1 Å². The lowest BCUT2D eigenvalue weighted by Gasteiger charge is -2.22. The summed E-state index contributed by atoms with van der Waals surface area (Å²) < 4.78 is 11.0. The van der Waals surface area contributed by atoms with Crippen LogP contribution in [0.3, 0.4) is 0 Å². The number of likely N-dealkylation sites (tertiary alicyclic amines) is 1. The van der Waals surface area contributed by atoms with Crippen LogP contribution in [0.4, 0.5) is 0 Å². The van der Waals surface area contributed by atoms with Gasteiger partial charge in [-0.25, -0.2) is 0 Å². The van der Waals surface area contributed by atoms with Gasteiger partial charge >= 0.3 is 0 Å². The molecule has 2 aromatic rings. The maximum absolute atomic E-state index is 5.70. The first kappa shape index (κ1) is 14.7. The molecule has 1 atom stereocenters. The van der Waals surface area contributed by atoms with Gasteiger partial charge in [-0.05, 0) is 37.3 Å². The van der Waals surface area contributed by atoms with E-state index in [0.29, 0.717) is 17.5 Å². The minimum atomic E-state index is 0.462. The zero-order valence-electron chi connectivity index (χ0n) is 12.3. The van der Waals surface area contributed by atoms with Crippen molar-refractivity contribution in [2.75, 3.05) is 18.8 Å². The molecule has 1 aliphatic rings. The van der Waals surface area contributed by atoms with E-state index >= 15 is 0 Å². The molecule has 3 heterocycles. The highest BCUT2D eigenvalue weighted by atomic mass is 32.2. The van der Waals surface area contributed by atoms with Gasteiger partial charge in [0.2, 0.25) is 5.89 Å².